The standard InChI is InChI=1S/C15H16ClFN2O/c1-10(2)20-15-14(4-3-7-18-15)19-9-11-5-6-12(16)13(17)8-11/h3-8,10,19H,9H2,1-2H3. The number of ether oxygens (including phenoxy) is 1. The lowest BCUT2D eigenvalue weighted by atomic mass is 10.2. The Bertz CT molecular complexity index is 590. The molecular formula is C15H16ClFN2O. The molecule has 1 aromatic carbocycles. The van der Waals surface area contributed by atoms with Gasteiger partial charge in [0.1, 0.15) is 5.82 Å². The summed E-state index contributed by atoms with van der Waals surface area (Å²) in [5, 5.41) is 3.31. The second-order valence-electron chi connectivity index (χ2n) is 4.62. The zero-order chi connectivity index (χ0) is 14.5. The quantitative estimate of drug-likeness (QED) is 0.894. The molecule has 0 fully saturated rings. The molecule has 2 aromatic rings. The van der Waals surface area contributed by atoms with Crippen LogP contribution in [-0.4, -0.2) is 11.1 Å². The first kappa shape index (κ1) is 14.6. The highest BCUT2D eigenvalue weighted by Gasteiger charge is 2.07. The van der Waals surface area contributed by atoms with Gasteiger partial charge in [-0.1, -0.05) is 17.7 Å². The average molecular weight is 295 g/mol. The first-order chi connectivity index (χ1) is 9.56. The van der Waals surface area contributed by atoms with E-state index in [1.165, 1.54) is 6.07 Å². The zero-order valence-electron chi connectivity index (χ0n) is 11.4. The number of nitrogens with zero attached hydrogens (tertiary/aromatic N) is 1. The summed E-state index contributed by atoms with van der Waals surface area (Å²) in [6.07, 6.45) is 1.71. The molecular weight excluding hydrogens is 279 g/mol. The Morgan fingerprint density at radius 2 is 2.15 bits per heavy atom. The first-order valence-corrected chi connectivity index (χ1v) is 6.73. The molecule has 2 rings (SSSR count). The Morgan fingerprint density at radius 3 is 2.85 bits per heavy atom. The molecule has 0 saturated carbocycles. The van der Waals surface area contributed by atoms with Crippen LogP contribution in [-0.2, 0) is 6.54 Å². The number of hydrogen-bond donors (Lipinski definition) is 1. The second kappa shape index (κ2) is 6.57. The van der Waals surface area contributed by atoms with Crippen LogP contribution in [0.2, 0.25) is 5.02 Å². The van der Waals surface area contributed by atoms with Crippen LogP contribution in [0.1, 0.15) is 19.4 Å². The Labute approximate surface area is 122 Å². The number of halogens is 2. The summed E-state index contributed by atoms with van der Waals surface area (Å²) in [4.78, 5) is 4.18. The third kappa shape index (κ3) is 3.84. The predicted molar refractivity (Wildman–Crippen MR) is 78.7 cm³/mol. The van der Waals surface area contributed by atoms with Crippen LogP contribution in [0.4, 0.5) is 10.1 Å². The number of hydrogen-bond acceptors (Lipinski definition) is 3. The van der Waals surface area contributed by atoms with E-state index in [-0.39, 0.29) is 11.1 Å². The van der Waals surface area contributed by atoms with Gasteiger partial charge in [-0.2, -0.15) is 0 Å². The maximum absolute atomic E-state index is 13.4. The number of nitrogens with one attached hydrogen (secondary N) is 1. The molecule has 0 saturated heterocycles. The number of anilines is 1. The van der Waals surface area contributed by atoms with E-state index < -0.39 is 5.82 Å². The van der Waals surface area contributed by atoms with E-state index in [2.05, 4.69) is 10.3 Å². The molecule has 0 aliphatic heterocycles. The minimum Gasteiger partial charge on any atom is -0.473 e. The van der Waals surface area contributed by atoms with Crippen molar-refractivity contribution in [1.82, 2.24) is 4.98 Å². The molecule has 1 heterocycles. The summed E-state index contributed by atoms with van der Waals surface area (Å²) in [6.45, 7) is 4.34. The molecule has 5 heteroatoms. The molecule has 20 heavy (non-hydrogen) atoms. The van der Waals surface area contributed by atoms with Crippen LogP contribution in [0.5, 0.6) is 5.88 Å². The van der Waals surface area contributed by atoms with Crippen molar-refractivity contribution in [3.05, 3.63) is 52.9 Å². The van der Waals surface area contributed by atoms with Gasteiger partial charge >= 0.3 is 0 Å². The van der Waals surface area contributed by atoms with Crippen molar-refractivity contribution in [1.29, 1.82) is 0 Å². The molecule has 0 spiro atoms. The normalized spacial score (nSPS) is 10.7. The first-order valence-electron chi connectivity index (χ1n) is 6.35. The molecule has 3 nitrogen and oxygen atoms in total. The monoisotopic (exact) mass is 294 g/mol. The summed E-state index contributed by atoms with van der Waals surface area (Å²) in [7, 11) is 0. The van der Waals surface area contributed by atoms with Crippen LogP contribution in [0.25, 0.3) is 0 Å². The highest BCUT2D eigenvalue weighted by molar-refractivity contribution is 6.30. The van der Waals surface area contributed by atoms with E-state index in [0.29, 0.717) is 12.4 Å². The fourth-order valence-corrected chi connectivity index (χ4v) is 1.81. The van der Waals surface area contributed by atoms with Crippen molar-refractivity contribution < 1.29 is 9.13 Å². The molecule has 0 radical (unpaired) electrons. The van der Waals surface area contributed by atoms with Crippen LogP contribution in [0.15, 0.2) is 36.5 Å². The topological polar surface area (TPSA) is 34.1 Å². The molecule has 1 aromatic heterocycles. The Hall–Kier alpha value is -1.81. The third-order valence-electron chi connectivity index (χ3n) is 2.59. The summed E-state index contributed by atoms with van der Waals surface area (Å²) in [6, 6.07) is 8.42. The van der Waals surface area contributed by atoms with Gasteiger partial charge in [0, 0.05) is 12.7 Å². The van der Waals surface area contributed by atoms with Gasteiger partial charge in [0.15, 0.2) is 0 Å². The molecule has 1 N–H and O–H groups in total. The lowest BCUT2D eigenvalue weighted by Gasteiger charge is -2.14. The largest absolute Gasteiger partial charge is 0.473 e. The molecule has 0 bridgehead atoms. The Morgan fingerprint density at radius 1 is 1.35 bits per heavy atom. The molecule has 0 aliphatic rings. The SMILES string of the molecule is CC(C)Oc1ncccc1NCc1ccc(Cl)c(F)c1. The minimum absolute atomic E-state index is 0.0402. The number of pyridine rings is 1. The minimum atomic E-state index is -0.421. The van der Waals surface area contributed by atoms with Crippen molar-refractivity contribution in [2.45, 2.75) is 26.5 Å². The van der Waals surface area contributed by atoms with E-state index in [0.717, 1.165) is 11.3 Å². The smallest absolute Gasteiger partial charge is 0.237 e. The number of aromatic nitrogens is 1. The number of rotatable bonds is 5. The van der Waals surface area contributed by atoms with E-state index in [1.54, 1.807) is 18.3 Å². The van der Waals surface area contributed by atoms with Gasteiger partial charge in [-0.3, -0.25) is 0 Å². The van der Waals surface area contributed by atoms with Gasteiger partial charge in [-0.25, -0.2) is 9.37 Å². The highest BCUT2D eigenvalue weighted by atomic mass is 35.5. The van der Waals surface area contributed by atoms with Crippen LogP contribution >= 0.6 is 11.6 Å². The highest BCUT2D eigenvalue weighted by Crippen LogP contribution is 2.23. The molecule has 0 unspecified atom stereocenters. The van der Waals surface area contributed by atoms with Gasteiger partial charge in [-0.05, 0) is 43.7 Å². The molecule has 0 amide bonds. The molecule has 0 aliphatic carbocycles. The maximum Gasteiger partial charge on any atom is 0.237 e. The Balaban J connectivity index is 2.08. The van der Waals surface area contributed by atoms with Crippen LogP contribution in [0, 0.1) is 5.82 Å². The van der Waals surface area contributed by atoms with Gasteiger partial charge < -0.3 is 10.1 Å². The summed E-state index contributed by atoms with van der Waals surface area (Å²) < 4.78 is 19.0. The van der Waals surface area contributed by atoms with Gasteiger partial charge in [0.25, 0.3) is 0 Å². The van der Waals surface area contributed by atoms with E-state index in [4.69, 9.17) is 16.3 Å². The lowest BCUT2D eigenvalue weighted by molar-refractivity contribution is 0.234. The predicted octanol–water partition coefficient (Wildman–Crippen LogP) is 4.27. The lowest BCUT2D eigenvalue weighted by Crippen LogP contribution is -2.10. The van der Waals surface area contributed by atoms with Gasteiger partial charge in [-0.15, -0.1) is 0 Å². The van der Waals surface area contributed by atoms with Crippen LogP contribution < -0.4 is 10.1 Å². The third-order valence-corrected chi connectivity index (χ3v) is 2.89. The fourth-order valence-electron chi connectivity index (χ4n) is 1.69. The fraction of sp³-hybridized carbons (Fsp3) is 0.267. The average Bonchev–Trinajstić information content (AvgIpc) is 2.41. The van der Waals surface area contributed by atoms with Crippen molar-refractivity contribution in [3.63, 3.8) is 0 Å². The molecule has 0 atom stereocenters. The summed E-state index contributed by atoms with van der Waals surface area (Å²) >= 11 is 5.65. The van der Waals surface area contributed by atoms with Gasteiger partial charge in [0.05, 0.1) is 16.8 Å². The van der Waals surface area contributed by atoms with Crippen molar-refractivity contribution >= 4 is 17.3 Å². The second-order valence-corrected chi connectivity index (χ2v) is 5.03. The summed E-state index contributed by atoms with van der Waals surface area (Å²) in [5.74, 6) is 0.118. The van der Waals surface area contributed by atoms with Crippen LogP contribution in [0.3, 0.4) is 0 Å². The van der Waals surface area contributed by atoms with E-state index in [9.17, 15) is 4.39 Å². The zero-order valence-corrected chi connectivity index (χ0v) is 12.1. The number of benzene rings is 1. The van der Waals surface area contributed by atoms with E-state index >= 15 is 0 Å². The van der Waals surface area contributed by atoms with Gasteiger partial charge in [0.2, 0.25) is 5.88 Å². The Kier molecular flexibility index (Phi) is 4.79. The van der Waals surface area contributed by atoms with Crippen molar-refractivity contribution in [2.75, 3.05) is 5.32 Å². The van der Waals surface area contributed by atoms with E-state index in [1.807, 2.05) is 26.0 Å². The molecule has 106 valence electrons. The van der Waals surface area contributed by atoms with Crippen molar-refractivity contribution in [3.8, 4) is 5.88 Å². The van der Waals surface area contributed by atoms with Crippen molar-refractivity contribution in [2.24, 2.45) is 0 Å². The summed E-state index contributed by atoms with van der Waals surface area (Å²) in [5.41, 5.74) is 1.57. The maximum atomic E-state index is 13.4.